The van der Waals surface area contributed by atoms with Crippen LogP contribution in [0.2, 0.25) is 5.02 Å². The zero-order valence-electron chi connectivity index (χ0n) is 15.7. The number of anilines is 1. The number of carbonyl (C=O) groups excluding carboxylic acids is 1. The Morgan fingerprint density at radius 2 is 1.77 bits per heavy atom. The molecule has 2 N–H and O–H groups in total. The SMILES string of the molecule is O=C(NC(=S)Nc1ccc2oc(-c3ccc(Cl)cc3)nc2c1)c1ccc([N+](=O)[O-])cc1. The summed E-state index contributed by atoms with van der Waals surface area (Å²) in [6.45, 7) is 0. The number of aromatic nitrogens is 1. The third-order valence-corrected chi connectivity index (χ3v) is 4.76. The number of oxazole rings is 1. The monoisotopic (exact) mass is 452 g/mol. The molecular formula is C21H13ClN4O4S. The standard InChI is InChI=1S/C21H13ClN4O4S/c22-14-5-1-13(2-6-14)20-24-17-11-15(7-10-18(17)30-20)23-21(31)25-19(27)12-3-8-16(9-4-12)26(28)29/h1-11H,(H2,23,25,27,31). The van der Waals surface area contributed by atoms with E-state index in [-0.39, 0.29) is 16.4 Å². The van der Waals surface area contributed by atoms with Crippen molar-refractivity contribution in [2.45, 2.75) is 0 Å². The lowest BCUT2D eigenvalue weighted by Gasteiger charge is -2.09. The van der Waals surface area contributed by atoms with Gasteiger partial charge in [0.25, 0.3) is 11.6 Å². The van der Waals surface area contributed by atoms with E-state index < -0.39 is 10.8 Å². The van der Waals surface area contributed by atoms with Crippen molar-refractivity contribution in [3.63, 3.8) is 0 Å². The van der Waals surface area contributed by atoms with Crippen molar-refractivity contribution in [2.24, 2.45) is 0 Å². The van der Waals surface area contributed by atoms with E-state index in [1.54, 1.807) is 30.3 Å². The number of non-ortho nitro benzene ring substituents is 1. The fourth-order valence-corrected chi connectivity index (χ4v) is 3.13. The molecule has 0 saturated heterocycles. The third-order valence-electron chi connectivity index (χ3n) is 4.30. The first kappa shape index (κ1) is 20.5. The topological polar surface area (TPSA) is 110 Å². The highest BCUT2D eigenvalue weighted by Crippen LogP contribution is 2.27. The molecule has 1 heterocycles. The molecule has 4 aromatic rings. The van der Waals surface area contributed by atoms with Crippen LogP contribution < -0.4 is 10.6 Å². The first-order valence-electron chi connectivity index (χ1n) is 8.92. The predicted octanol–water partition coefficient (Wildman–Crippen LogP) is 5.18. The number of nitrogens with zero attached hydrogens (tertiary/aromatic N) is 2. The van der Waals surface area contributed by atoms with Crippen molar-refractivity contribution in [3.05, 3.63) is 87.4 Å². The Hall–Kier alpha value is -3.82. The summed E-state index contributed by atoms with van der Waals surface area (Å²) in [5, 5.41) is 16.8. The minimum Gasteiger partial charge on any atom is -0.436 e. The Kier molecular flexibility index (Phi) is 5.61. The predicted molar refractivity (Wildman–Crippen MR) is 121 cm³/mol. The van der Waals surface area contributed by atoms with Gasteiger partial charge in [0.15, 0.2) is 10.7 Å². The number of nitrogens with one attached hydrogen (secondary N) is 2. The molecule has 0 radical (unpaired) electrons. The van der Waals surface area contributed by atoms with Crippen LogP contribution in [0, 0.1) is 10.1 Å². The third kappa shape index (κ3) is 4.68. The zero-order valence-corrected chi connectivity index (χ0v) is 17.2. The van der Waals surface area contributed by atoms with Crippen LogP contribution in [0.3, 0.4) is 0 Å². The van der Waals surface area contributed by atoms with E-state index in [0.29, 0.717) is 27.7 Å². The van der Waals surface area contributed by atoms with Gasteiger partial charge in [-0.2, -0.15) is 0 Å². The van der Waals surface area contributed by atoms with Crippen molar-refractivity contribution in [1.82, 2.24) is 10.3 Å². The Bertz CT molecular complexity index is 1300. The summed E-state index contributed by atoms with van der Waals surface area (Å²) in [7, 11) is 0. The van der Waals surface area contributed by atoms with Crippen molar-refractivity contribution in [1.29, 1.82) is 0 Å². The molecule has 0 aliphatic heterocycles. The van der Waals surface area contributed by atoms with Crippen LogP contribution in [0.5, 0.6) is 0 Å². The molecular weight excluding hydrogens is 440 g/mol. The average Bonchev–Trinajstić information content (AvgIpc) is 3.17. The maximum Gasteiger partial charge on any atom is 0.269 e. The Morgan fingerprint density at radius 1 is 1.06 bits per heavy atom. The number of amides is 1. The van der Waals surface area contributed by atoms with Crippen LogP contribution >= 0.6 is 23.8 Å². The largest absolute Gasteiger partial charge is 0.436 e. The molecule has 3 aromatic carbocycles. The molecule has 31 heavy (non-hydrogen) atoms. The van der Waals surface area contributed by atoms with Crippen LogP contribution in [-0.4, -0.2) is 20.9 Å². The van der Waals surface area contributed by atoms with Crippen LogP contribution in [0.4, 0.5) is 11.4 Å². The Balaban J connectivity index is 1.45. The van der Waals surface area contributed by atoms with Gasteiger partial charge in [-0.05, 0) is 66.8 Å². The van der Waals surface area contributed by atoms with Crippen LogP contribution in [0.25, 0.3) is 22.6 Å². The highest BCUT2D eigenvalue weighted by molar-refractivity contribution is 7.80. The van der Waals surface area contributed by atoms with E-state index in [1.165, 1.54) is 24.3 Å². The normalized spacial score (nSPS) is 10.6. The lowest BCUT2D eigenvalue weighted by molar-refractivity contribution is -0.384. The molecule has 1 amide bonds. The number of carbonyl (C=O) groups is 1. The average molecular weight is 453 g/mol. The van der Waals surface area contributed by atoms with Gasteiger partial charge in [-0.25, -0.2) is 4.98 Å². The molecule has 154 valence electrons. The van der Waals surface area contributed by atoms with E-state index in [1.807, 2.05) is 12.1 Å². The summed E-state index contributed by atoms with van der Waals surface area (Å²) in [5.41, 5.74) is 2.75. The maximum atomic E-state index is 12.3. The van der Waals surface area contributed by atoms with E-state index in [0.717, 1.165) is 5.56 Å². The molecule has 0 fully saturated rings. The second-order valence-electron chi connectivity index (χ2n) is 6.42. The molecule has 8 nitrogen and oxygen atoms in total. The minimum absolute atomic E-state index is 0.0733. The number of nitro benzene ring substituents is 1. The van der Waals surface area contributed by atoms with Crippen LogP contribution in [0.1, 0.15) is 10.4 Å². The molecule has 0 bridgehead atoms. The minimum atomic E-state index is -0.535. The highest BCUT2D eigenvalue weighted by atomic mass is 35.5. The van der Waals surface area contributed by atoms with Gasteiger partial charge >= 0.3 is 0 Å². The number of hydrogen-bond donors (Lipinski definition) is 2. The van der Waals surface area contributed by atoms with Gasteiger partial charge in [-0.1, -0.05) is 11.6 Å². The second-order valence-corrected chi connectivity index (χ2v) is 7.27. The fourth-order valence-electron chi connectivity index (χ4n) is 2.79. The van der Waals surface area contributed by atoms with Gasteiger partial charge in [0.1, 0.15) is 5.52 Å². The summed E-state index contributed by atoms with van der Waals surface area (Å²) in [4.78, 5) is 26.9. The van der Waals surface area contributed by atoms with Gasteiger partial charge in [0.2, 0.25) is 5.89 Å². The molecule has 0 aliphatic rings. The zero-order chi connectivity index (χ0) is 22.0. The number of thiocarbonyl (C=S) groups is 1. The van der Waals surface area contributed by atoms with E-state index in [2.05, 4.69) is 15.6 Å². The summed E-state index contributed by atoms with van der Waals surface area (Å²) in [6, 6.07) is 17.6. The lowest BCUT2D eigenvalue weighted by Crippen LogP contribution is -2.34. The fraction of sp³-hybridized carbons (Fsp3) is 0. The second kappa shape index (κ2) is 8.50. The van der Waals surface area contributed by atoms with Crippen molar-refractivity contribution < 1.29 is 14.1 Å². The smallest absolute Gasteiger partial charge is 0.269 e. The van der Waals surface area contributed by atoms with Gasteiger partial charge in [0, 0.05) is 34.0 Å². The Morgan fingerprint density at radius 3 is 2.45 bits per heavy atom. The van der Waals surface area contributed by atoms with Crippen molar-refractivity contribution in [3.8, 4) is 11.5 Å². The summed E-state index contributed by atoms with van der Waals surface area (Å²) in [6.07, 6.45) is 0. The van der Waals surface area contributed by atoms with Gasteiger partial charge < -0.3 is 9.73 Å². The Labute approximate surface area is 186 Å². The van der Waals surface area contributed by atoms with E-state index in [4.69, 9.17) is 28.2 Å². The van der Waals surface area contributed by atoms with Crippen LogP contribution in [-0.2, 0) is 0 Å². The summed E-state index contributed by atoms with van der Waals surface area (Å²) < 4.78 is 5.77. The lowest BCUT2D eigenvalue weighted by atomic mass is 10.2. The first-order valence-corrected chi connectivity index (χ1v) is 9.71. The van der Waals surface area contributed by atoms with Crippen molar-refractivity contribution in [2.75, 3.05) is 5.32 Å². The van der Waals surface area contributed by atoms with Crippen LogP contribution in [0.15, 0.2) is 71.1 Å². The number of fused-ring (bicyclic) bond motifs is 1. The van der Waals surface area contributed by atoms with Gasteiger partial charge in [0.05, 0.1) is 4.92 Å². The molecule has 1 aromatic heterocycles. The maximum absolute atomic E-state index is 12.3. The summed E-state index contributed by atoms with van der Waals surface area (Å²) in [5.74, 6) is -0.0298. The summed E-state index contributed by atoms with van der Waals surface area (Å²) >= 11 is 11.1. The van der Waals surface area contributed by atoms with Crippen molar-refractivity contribution >= 4 is 57.3 Å². The number of rotatable bonds is 4. The molecule has 10 heteroatoms. The number of hydrogen-bond acceptors (Lipinski definition) is 6. The molecule has 0 atom stereocenters. The first-order chi connectivity index (χ1) is 14.9. The molecule has 4 rings (SSSR count). The van der Waals surface area contributed by atoms with Gasteiger partial charge in [-0.3, -0.25) is 20.2 Å². The molecule has 0 spiro atoms. The number of nitro groups is 1. The van der Waals surface area contributed by atoms with E-state index in [9.17, 15) is 14.9 Å². The molecule has 0 aliphatic carbocycles. The number of benzene rings is 3. The molecule has 0 saturated carbocycles. The quantitative estimate of drug-likeness (QED) is 0.249. The number of halogens is 1. The molecule has 0 unspecified atom stereocenters. The van der Waals surface area contributed by atoms with E-state index >= 15 is 0 Å². The van der Waals surface area contributed by atoms with Gasteiger partial charge in [-0.15, -0.1) is 0 Å². The highest BCUT2D eigenvalue weighted by Gasteiger charge is 2.12.